The molecule has 43 heavy (non-hydrogen) atoms. The van der Waals surface area contributed by atoms with E-state index >= 15 is 0 Å². The zero-order valence-corrected chi connectivity index (χ0v) is 24.1. The molecule has 0 radical (unpaired) electrons. The van der Waals surface area contributed by atoms with Gasteiger partial charge in [0.05, 0.1) is 27.1 Å². The number of carbonyl (C=O) groups excluding carboxylic acids is 1. The van der Waals surface area contributed by atoms with E-state index in [1.807, 2.05) is 4.72 Å². The maximum Gasteiger partial charge on any atom is 0.435 e. The van der Waals surface area contributed by atoms with E-state index in [0.717, 1.165) is 16.9 Å². The number of nitrogens with one attached hydrogen (secondary N) is 2. The van der Waals surface area contributed by atoms with Crippen molar-refractivity contribution in [3.63, 3.8) is 0 Å². The lowest BCUT2D eigenvalue weighted by Crippen LogP contribution is -2.32. The van der Waals surface area contributed by atoms with Crippen LogP contribution in [0.25, 0.3) is 16.9 Å². The van der Waals surface area contributed by atoms with Crippen molar-refractivity contribution in [2.75, 3.05) is 32.4 Å². The van der Waals surface area contributed by atoms with Crippen molar-refractivity contribution in [1.29, 1.82) is 0 Å². The monoisotopic (exact) mass is 621 g/mol. The summed E-state index contributed by atoms with van der Waals surface area (Å²) in [6, 6.07) is 6.93. The van der Waals surface area contributed by atoms with Crippen molar-refractivity contribution < 1.29 is 40.6 Å². The van der Waals surface area contributed by atoms with Crippen LogP contribution < -0.4 is 24.2 Å². The van der Waals surface area contributed by atoms with Gasteiger partial charge in [-0.25, -0.2) is 27.8 Å². The SMILES string of the molecule is CCCS(=O)(=O)NC(=O)c1cc(-c2cnc(Nc3cc(OC)cc(OC)c3)nc2-n2ccc(C(F)(F)F)n2)cnc1OC. The Hall–Kier alpha value is -4.93. The van der Waals surface area contributed by atoms with E-state index in [1.165, 1.54) is 39.8 Å². The second-order valence-corrected chi connectivity index (χ2v) is 10.7. The van der Waals surface area contributed by atoms with Crippen LogP contribution in [0, 0.1) is 0 Å². The molecule has 0 aliphatic rings. The Balaban J connectivity index is 1.83. The molecule has 1 amide bonds. The van der Waals surface area contributed by atoms with Crippen LogP contribution in [0.4, 0.5) is 24.8 Å². The van der Waals surface area contributed by atoms with Gasteiger partial charge in [0.2, 0.25) is 21.9 Å². The Labute approximate surface area is 244 Å². The van der Waals surface area contributed by atoms with Gasteiger partial charge < -0.3 is 19.5 Å². The number of carbonyl (C=O) groups is 1. The number of nitrogens with zero attached hydrogens (tertiary/aromatic N) is 5. The van der Waals surface area contributed by atoms with Crippen LogP contribution in [0.3, 0.4) is 0 Å². The number of amides is 1. The highest BCUT2D eigenvalue weighted by atomic mass is 32.2. The summed E-state index contributed by atoms with van der Waals surface area (Å²) >= 11 is 0. The molecule has 13 nitrogen and oxygen atoms in total. The highest BCUT2D eigenvalue weighted by molar-refractivity contribution is 7.90. The summed E-state index contributed by atoms with van der Waals surface area (Å²) in [6.07, 6.45) is -0.837. The average Bonchev–Trinajstić information content (AvgIpc) is 3.47. The molecule has 0 aliphatic carbocycles. The molecule has 0 aliphatic heterocycles. The zero-order chi connectivity index (χ0) is 31.4. The molecule has 0 spiro atoms. The molecule has 0 saturated heterocycles. The highest BCUT2D eigenvalue weighted by Gasteiger charge is 2.34. The molecule has 0 atom stereocenters. The third kappa shape index (κ3) is 7.29. The zero-order valence-electron chi connectivity index (χ0n) is 23.3. The number of sulfonamides is 1. The van der Waals surface area contributed by atoms with Gasteiger partial charge in [0, 0.05) is 53.6 Å². The number of aromatic nitrogens is 5. The van der Waals surface area contributed by atoms with Crippen LogP contribution in [-0.2, 0) is 16.2 Å². The summed E-state index contributed by atoms with van der Waals surface area (Å²) < 4.78 is 83.2. The van der Waals surface area contributed by atoms with E-state index in [0.29, 0.717) is 17.2 Å². The normalized spacial score (nSPS) is 11.6. The van der Waals surface area contributed by atoms with Gasteiger partial charge >= 0.3 is 6.18 Å². The molecular weight excluding hydrogens is 595 g/mol. The summed E-state index contributed by atoms with van der Waals surface area (Å²) in [5, 5.41) is 6.58. The Morgan fingerprint density at radius 1 is 1.00 bits per heavy atom. The number of halogens is 3. The minimum Gasteiger partial charge on any atom is -0.497 e. The van der Waals surface area contributed by atoms with Crippen molar-refractivity contribution >= 4 is 27.6 Å². The van der Waals surface area contributed by atoms with Gasteiger partial charge in [0.1, 0.15) is 17.1 Å². The van der Waals surface area contributed by atoms with Gasteiger partial charge in [-0.05, 0) is 18.6 Å². The van der Waals surface area contributed by atoms with Crippen molar-refractivity contribution in [2.24, 2.45) is 0 Å². The second kappa shape index (κ2) is 12.5. The number of alkyl halides is 3. The summed E-state index contributed by atoms with van der Waals surface area (Å²) in [5.41, 5.74) is -0.686. The lowest BCUT2D eigenvalue weighted by atomic mass is 10.1. The predicted octanol–water partition coefficient (Wildman–Crippen LogP) is 3.98. The van der Waals surface area contributed by atoms with Gasteiger partial charge in [-0.2, -0.15) is 23.3 Å². The third-order valence-electron chi connectivity index (χ3n) is 5.79. The van der Waals surface area contributed by atoms with Crippen molar-refractivity contribution in [2.45, 2.75) is 19.5 Å². The maximum absolute atomic E-state index is 13.4. The number of rotatable bonds is 11. The fourth-order valence-corrected chi connectivity index (χ4v) is 4.89. The van der Waals surface area contributed by atoms with E-state index in [9.17, 15) is 26.4 Å². The van der Waals surface area contributed by atoms with Crippen molar-refractivity contribution in [3.05, 3.63) is 60.2 Å². The molecule has 0 fully saturated rings. The predicted molar refractivity (Wildman–Crippen MR) is 148 cm³/mol. The number of methoxy groups -OCH3 is 3. The molecule has 0 unspecified atom stereocenters. The van der Waals surface area contributed by atoms with Crippen LogP contribution in [0.1, 0.15) is 29.4 Å². The first kappa shape index (κ1) is 31.0. The Bertz CT molecular complexity index is 1720. The Morgan fingerprint density at radius 3 is 2.28 bits per heavy atom. The van der Waals surface area contributed by atoms with Crippen LogP contribution in [0.2, 0.25) is 0 Å². The first-order chi connectivity index (χ1) is 20.4. The maximum atomic E-state index is 13.4. The minimum atomic E-state index is -4.73. The largest absolute Gasteiger partial charge is 0.497 e. The van der Waals surface area contributed by atoms with Gasteiger partial charge in [-0.3, -0.25) is 4.79 Å². The molecule has 228 valence electrons. The fourth-order valence-electron chi connectivity index (χ4n) is 3.85. The standard InChI is InChI=1S/C26H26F3N7O6S/c1-5-8-43(38,39)35-23(37)19-9-15(13-30-24(19)42-4)20-14-31-25(32-16-10-17(40-2)12-18(11-16)41-3)33-22(20)36-7-6-21(34-36)26(27,28)29/h6-7,9-14H,5,8H2,1-4H3,(H,35,37)(H,31,32,33). The van der Waals surface area contributed by atoms with Crippen molar-refractivity contribution in [3.8, 4) is 34.3 Å². The molecule has 2 N–H and O–H groups in total. The van der Waals surface area contributed by atoms with Gasteiger partial charge in [0.25, 0.3) is 5.91 Å². The van der Waals surface area contributed by atoms with E-state index in [4.69, 9.17) is 14.2 Å². The lowest BCUT2D eigenvalue weighted by Gasteiger charge is -2.14. The molecule has 4 rings (SSSR count). The number of ether oxygens (including phenoxy) is 3. The average molecular weight is 622 g/mol. The minimum absolute atomic E-state index is 0.0248. The summed E-state index contributed by atoms with van der Waals surface area (Å²) in [5.74, 6) is -0.707. The van der Waals surface area contributed by atoms with Gasteiger partial charge in [0.15, 0.2) is 11.5 Å². The molecule has 0 saturated carbocycles. The summed E-state index contributed by atoms with van der Waals surface area (Å²) in [4.78, 5) is 25.7. The van der Waals surface area contributed by atoms with Gasteiger partial charge in [-0.1, -0.05) is 6.92 Å². The molecule has 4 aromatic rings. The number of benzene rings is 1. The number of hydrogen-bond acceptors (Lipinski definition) is 11. The Morgan fingerprint density at radius 2 is 1.70 bits per heavy atom. The van der Waals surface area contributed by atoms with E-state index in [1.54, 1.807) is 25.1 Å². The lowest BCUT2D eigenvalue weighted by molar-refractivity contribution is -0.141. The topological polar surface area (TPSA) is 159 Å². The summed E-state index contributed by atoms with van der Waals surface area (Å²) in [7, 11) is 0.230. The molecule has 3 aromatic heterocycles. The molecule has 0 bridgehead atoms. The quantitative estimate of drug-likeness (QED) is 0.249. The number of pyridine rings is 1. The van der Waals surface area contributed by atoms with E-state index in [2.05, 4.69) is 25.4 Å². The molecule has 17 heteroatoms. The third-order valence-corrected chi connectivity index (χ3v) is 7.24. The Kier molecular flexibility index (Phi) is 9.03. The molecule has 3 heterocycles. The van der Waals surface area contributed by atoms with Crippen LogP contribution in [-0.4, -0.2) is 66.1 Å². The first-order valence-corrected chi connectivity index (χ1v) is 14.1. The van der Waals surface area contributed by atoms with E-state index < -0.39 is 27.8 Å². The van der Waals surface area contributed by atoms with Crippen LogP contribution in [0.5, 0.6) is 17.4 Å². The van der Waals surface area contributed by atoms with Crippen molar-refractivity contribution in [1.82, 2.24) is 29.5 Å². The van der Waals surface area contributed by atoms with Crippen LogP contribution >= 0.6 is 0 Å². The smallest absolute Gasteiger partial charge is 0.435 e. The number of anilines is 2. The first-order valence-electron chi connectivity index (χ1n) is 12.5. The summed E-state index contributed by atoms with van der Waals surface area (Å²) in [6.45, 7) is 1.64. The molecular formula is C26H26F3N7O6S. The fraction of sp³-hybridized carbons (Fsp3) is 0.269. The molecule has 1 aromatic carbocycles. The number of hydrogen-bond donors (Lipinski definition) is 2. The second-order valence-electron chi connectivity index (χ2n) is 8.83. The van der Waals surface area contributed by atoms with Crippen LogP contribution in [0.15, 0.2) is 48.9 Å². The van der Waals surface area contributed by atoms with Gasteiger partial charge in [-0.15, -0.1) is 0 Å². The van der Waals surface area contributed by atoms with E-state index in [-0.39, 0.29) is 46.5 Å². The highest BCUT2D eigenvalue weighted by Crippen LogP contribution is 2.33.